The third kappa shape index (κ3) is 2.34. The smallest absolute Gasteiger partial charge is 0.126 e. The van der Waals surface area contributed by atoms with E-state index in [-0.39, 0.29) is 0 Å². The molecule has 15 heavy (non-hydrogen) atoms. The third-order valence-electron chi connectivity index (χ3n) is 1.94. The highest BCUT2D eigenvalue weighted by atomic mass is 35.5. The predicted octanol–water partition coefficient (Wildman–Crippen LogP) is 4.09. The average molecular weight is 224 g/mol. The maximum absolute atomic E-state index is 12.9. The SMILES string of the molecule is Fc1cc(F)cc(-c2[c]ccc(Cl)c2)c1. The topological polar surface area (TPSA) is 0 Å². The molecule has 0 heterocycles. The molecule has 2 aromatic carbocycles. The summed E-state index contributed by atoms with van der Waals surface area (Å²) in [5.74, 6) is -1.23. The van der Waals surface area contributed by atoms with Gasteiger partial charge in [0.1, 0.15) is 11.6 Å². The molecule has 0 bridgehead atoms. The number of hydrogen-bond donors (Lipinski definition) is 0. The van der Waals surface area contributed by atoms with Crippen LogP contribution in [0.5, 0.6) is 0 Å². The summed E-state index contributed by atoms with van der Waals surface area (Å²) in [4.78, 5) is 0. The van der Waals surface area contributed by atoms with Crippen molar-refractivity contribution in [2.75, 3.05) is 0 Å². The molecule has 0 aliphatic heterocycles. The lowest BCUT2D eigenvalue weighted by Crippen LogP contribution is -1.84. The van der Waals surface area contributed by atoms with E-state index in [2.05, 4.69) is 6.07 Å². The molecule has 1 radical (unpaired) electrons. The zero-order valence-electron chi connectivity index (χ0n) is 7.60. The third-order valence-corrected chi connectivity index (χ3v) is 2.17. The van der Waals surface area contributed by atoms with Crippen molar-refractivity contribution in [3.8, 4) is 11.1 Å². The molecule has 0 aliphatic carbocycles. The van der Waals surface area contributed by atoms with Gasteiger partial charge in [0, 0.05) is 11.1 Å². The van der Waals surface area contributed by atoms with Crippen LogP contribution in [-0.4, -0.2) is 0 Å². The van der Waals surface area contributed by atoms with Gasteiger partial charge < -0.3 is 0 Å². The molecule has 0 saturated heterocycles. The Hall–Kier alpha value is -1.41. The first-order valence-corrected chi connectivity index (χ1v) is 4.66. The van der Waals surface area contributed by atoms with Crippen molar-refractivity contribution in [3.05, 3.63) is 59.1 Å². The zero-order chi connectivity index (χ0) is 10.8. The summed E-state index contributed by atoms with van der Waals surface area (Å²) in [6.45, 7) is 0. The van der Waals surface area contributed by atoms with E-state index < -0.39 is 11.6 Å². The van der Waals surface area contributed by atoms with Gasteiger partial charge in [-0.15, -0.1) is 0 Å². The molecule has 0 atom stereocenters. The minimum Gasteiger partial charge on any atom is -0.207 e. The van der Waals surface area contributed by atoms with Crippen LogP contribution in [0.25, 0.3) is 11.1 Å². The second kappa shape index (κ2) is 3.99. The summed E-state index contributed by atoms with van der Waals surface area (Å²) in [7, 11) is 0. The van der Waals surface area contributed by atoms with Gasteiger partial charge in [0.2, 0.25) is 0 Å². The molecule has 2 aromatic rings. The van der Waals surface area contributed by atoms with E-state index >= 15 is 0 Å². The quantitative estimate of drug-likeness (QED) is 0.683. The zero-order valence-corrected chi connectivity index (χ0v) is 8.35. The highest BCUT2D eigenvalue weighted by Crippen LogP contribution is 2.23. The van der Waals surface area contributed by atoms with Crippen LogP contribution in [0.15, 0.2) is 36.4 Å². The first-order valence-electron chi connectivity index (χ1n) is 4.29. The summed E-state index contributed by atoms with van der Waals surface area (Å²) >= 11 is 5.77. The predicted molar refractivity (Wildman–Crippen MR) is 55.6 cm³/mol. The highest BCUT2D eigenvalue weighted by Gasteiger charge is 2.03. The maximum atomic E-state index is 12.9. The fourth-order valence-electron chi connectivity index (χ4n) is 1.31. The van der Waals surface area contributed by atoms with Gasteiger partial charge >= 0.3 is 0 Å². The Morgan fingerprint density at radius 1 is 1.00 bits per heavy atom. The molecule has 0 aliphatic rings. The van der Waals surface area contributed by atoms with Gasteiger partial charge in [-0.1, -0.05) is 17.7 Å². The number of rotatable bonds is 1. The molecule has 3 heteroatoms. The summed E-state index contributed by atoms with van der Waals surface area (Å²) in [5, 5.41) is 0.508. The van der Waals surface area contributed by atoms with Crippen LogP contribution in [0.3, 0.4) is 0 Å². The summed E-state index contributed by atoms with van der Waals surface area (Å²) in [5.41, 5.74) is 0.996. The van der Waals surface area contributed by atoms with Gasteiger partial charge in [-0.05, 0) is 41.5 Å². The van der Waals surface area contributed by atoms with Crippen molar-refractivity contribution in [3.63, 3.8) is 0 Å². The molecule has 0 saturated carbocycles. The van der Waals surface area contributed by atoms with Crippen LogP contribution in [0.4, 0.5) is 8.78 Å². The number of hydrogen-bond acceptors (Lipinski definition) is 0. The van der Waals surface area contributed by atoms with E-state index in [1.807, 2.05) is 0 Å². The van der Waals surface area contributed by atoms with E-state index in [9.17, 15) is 8.78 Å². The lowest BCUT2D eigenvalue weighted by molar-refractivity contribution is 0.584. The number of halogens is 3. The van der Waals surface area contributed by atoms with E-state index in [0.29, 0.717) is 16.1 Å². The average Bonchev–Trinajstić information content (AvgIpc) is 2.16. The monoisotopic (exact) mass is 223 g/mol. The van der Waals surface area contributed by atoms with Gasteiger partial charge in [-0.25, -0.2) is 8.78 Å². The van der Waals surface area contributed by atoms with Crippen LogP contribution in [0, 0.1) is 17.7 Å². The fourth-order valence-corrected chi connectivity index (χ4v) is 1.49. The lowest BCUT2D eigenvalue weighted by atomic mass is 10.1. The molecular formula is C12H6ClF2. The molecule has 75 valence electrons. The molecule has 0 spiro atoms. The molecule has 0 N–H and O–H groups in total. The van der Waals surface area contributed by atoms with Crippen molar-refractivity contribution < 1.29 is 8.78 Å². The Kier molecular flexibility index (Phi) is 2.69. The van der Waals surface area contributed by atoms with E-state index in [1.54, 1.807) is 18.2 Å². The Bertz CT molecular complexity index is 474. The van der Waals surface area contributed by atoms with Crippen LogP contribution in [0.2, 0.25) is 5.02 Å². The Labute approximate surface area is 91.1 Å². The van der Waals surface area contributed by atoms with Crippen LogP contribution in [-0.2, 0) is 0 Å². The van der Waals surface area contributed by atoms with Crippen molar-refractivity contribution in [2.24, 2.45) is 0 Å². The Morgan fingerprint density at radius 3 is 2.27 bits per heavy atom. The normalized spacial score (nSPS) is 10.3. The van der Waals surface area contributed by atoms with Gasteiger partial charge in [0.15, 0.2) is 0 Å². The molecule has 0 nitrogen and oxygen atoms in total. The number of benzene rings is 2. The van der Waals surface area contributed by atoms with Crippen molar-refractivity contribution >= 4 is 11.6 Å². The summed E-state index contributed by atoms with van der Waals surface area (Å²) in [6.07, 6.45) is 0. The molecule has 2 rings (SSSR count). The van der Waals surface area contributed by atoms with Gasteiger partial charge in [-0.2, -0.15) is 0 Å². The first kappa shape index (κ1) is 10.1. The van der Waals surface area contributed by atoms with Crippen LogP contribution in [0.1, 0.15) is 0 Å². The van der Waals surface area contributed by atoms with Crippen LogP contribution < -0.4 is 0 Å². The van der Waals surface area contributed by atoms with Gasteiger partial charge in [0.25, 0.3) is 0 Å². The Morgan fingerprint density at radius 2 is 1.67 bits per heavy atom. The summed E-state index contributed by atoms with van der Waals surface area (Å²) < 4.78 is 25.9. The molecule has 0 unspecified atom stereocenters. The summed E-state index contributed by atoms with van der Waals surface area (Å²) in [6, 6.07) is 11.0. The van der Waals surface area contributed by atoms with Gasteiger partial charge in [-0.3, -0.25) is 0 Å². The van der Waals surface area contributed by atoms with Crippen molar-refractivity contribution in [2.45, 2.75) is 0 Å². The lowest BCUT2D eigenvalue weighted by Gasteiger charge is -2.02. The largest absolute Gasteiger partial charge is 0.207 e. The van der Waals surface area contributed by atoms with Gasteiger partial charge in [0.05, 0.1) is 0 Å². The van der Waals surface area contributed by atoms with Crippen molar-refractivity contribution in [1.82, 2.24) is 0 Å². The van der Waals surface area contributed by atoms with Crippen LogP contribution >= 0.6 is 11.6 Å². The molecule has 0 amide bonds. The Balaban J connectivity index is 2.54. The van der Waals surface area contributed by atoms with E-state index in [0.717, 1.165) is 6.07 Å². The fraction of sp³-hybridized carbons (Fsp3) is 0. The molecule has 0 fully saturated rings. The second-order valence-corrected chi connectivity index (χ2v) is 3.52. The highest BCUT2D eigenvalue weighted by molar-refractivity contribution is 6.30. The molecule has 0 aromatic heterocycles. The van der Waals surface area contributed by atoms with E-state index in [4.69, 9.17) is 11.6 Å². The second-order valence-electron chi connectivity index (χ2n) is 3.08. The van der Waals surface area contributed by atoms with E-state index in [1.165, 1.54) is 12.1 Å². The maximum Gasteiger partial charge on any atom is 0.126 e. The van der Waals surface area contributed by atoms with Crippen molar-refractivity contribution in [1.29, 1.82) is 0 Å². The standard InChI is InChI=1S/C12H6ClF2/c13-10-3-1-2-8(4-10)9-5-11(14)7-12(15)6-9/h1,3-7H. The minimum atomic E-state index is -0.613. The molecular weight excluding hydrogens is 218 g/mol. The minimum absolute atomic E-state index is 0.426. The first-order chi connectivity index (χ1) is 7.15.